The molecule has 0 radical (unpaired) electrons. The highest BCUT2D eigenvalue weighted by Gasteiger charge is 2.49. The summed E-state index contributed by atoms with van der Waals surface area (Å²) in [7, 11) is 1.39. The number of aromatic amines is 1. The van der Waals surface area contributed by atoms with Gasteiger partial charge >= 0.3 is 0 Å². The first-order valence-electron chi connectivity index (χ1n) is 6.71. The molecule has 2 atom stereocenters. The molecule has 21 heavy (non-hydrogen) atoms. The zero-order chi connectivity index (χ0) is 15.8. The van der Waals surface area contributed by atoms with Gasteiger partial charge in [-0.15, -0.1) is 0 Å². The van der Waals surface area contributed by atoms with Crippen LogP contribution in [0, 0.1) is 5.41 Å². The lowest BCUT2D eigenvalue weighted by Gasteiger charge is -2.51. The van der Waals surface area contributed by atoms with Crippen LogP contribution in [0.4, 0.5) is 0 Å². The summed E-state index contributed by atoms with van der Waals surface area (Å²) < 4.78 is 28.0. The Morgan fingerprint density at radius 1 is 1.57 bits per heavy atom. The second-order valence-electron chi connectivity index (χ2n) is 5.71. The zero-order valence-corrected chi connectivity index (χ0v) is 13.7. The molecule has 1 aliphatic rings. The predicted octanol–water partition coefficient (Wildman–Crippen LogP) is 1.88. The maximum absolute atomic E-state index is 12.1. The van der Waals surface area contributed by atoms with Crippen molar-refractivity contribution in [3.63, 3.8) is 0 Å². The van der Waals surface area contributed by atoms with Crippen LogP contribution < -0.4 is 5.32 Å². The van der Waals surface area contributed by atoms with Crippen molar-refractivity contribution in [1.29, 1.82) is 0 Å². The SMILES string of the molecule is CCOC1CC(NC(=O)c2cc(S(=O)(=O)Cl)c[nH]2)C1(C)C. The van der Waals surface area contributed by atoms with Crippen molar-refractivity contribution in [1.82, 2.24) is 10.3 Å². The fraction of sp³-hybridized carbons (Fsp3) is 0.615. The van der Waals surface area contributed by atoms with Gasteiger partial charge in [0.2, 0.25) is 0 Å². The quantitative estimate of drug-likeness (QED) is 0.805. The summed E-state index contributed by atoms with van der Waals surface area (Å²) in [6.07, 6.45) is 2.07. The summed E-state index contributed by atoms with van der Waals surface area (Å²) in [5, 5.41) is 2.89. The van der Waals surface area contributed by atoms with Gasteiger partial charge < -0.3 is 15.0 Å². The van der Waals surface area contributed by atoms with Crippen molar-refractivity contribution in [2.75, 3.05) is 6.61 Å². The Kier molecular flexibility index (Phi) is 4.37. The number of rotatable bonds is 5. The number of carbonyl (C=O) groups excluding carboxylic acids is 1. The number of aromatic nitrogens is 1. The number of amides is 1. The van der Waals surface area contributed by atoms with Crippen molar-refractivity contribution in [3.05, 3.63) is 18.0 Å². The van der Waals surface area contributed by atoms with Crippen LogP contribution in [0.2, 0.25) is 0 Å². The molecule has 2 rings (SSSR count). The second-order valence-corrected chi connectivity index (χ2v) is 8.28. The first-order valence-corrected chi connectivity index (χ1v) is 9.02. The Morgan fingerprint density at radius 2 is 2.24 bits per heavy atom. The molecule has 1 amide bonds. The molecule has 0 aliphatic heterocycles. The molecule has 1 saturated carbocycles. The summed E-state index contributed by atoms with van der Waals surface area (Å²) in [5.74, 6) is -0.352. The standard InChI is InChI=1S/C13H19ClN2O4S/c1-4-20-11-6-10(13(11,2)3)16-12(17)9-5-8(7-15-9)21(14,18)19/h5,7,10-11,15H,4,6H2,1-3H3,(H,16,17). The van der Waals surface area contributed by atoms with Crippen molar-refractivity contribution in [3.8, 4) is 0 Å². The fourth-order valence-electron chi connectivity index (χ4n) is 2.50. The average Bonchev–Trinajstić information content (AvgIpc) is 2.87. The van der Waals surface area contributed by atoms with Crippen LogP contribution in [-0.4, -0.2) is 38.1 Å². The maximum Gasteiger partial charge on any atom is 0.267 e. The van der Waals surface area contributed by atoms with Gasteiger partial charge in [-0.1, -0.05) is 13.8 Å². The Balaban J connectivity index is 2.02. The minimum atomic E-state index is -3.83. The third-order valence-electron chi connectivity index (χ3n) is 4.03. The fourth-order valence-corrected chi connectivity index (χ4v) is 3.22. The Morgan fingerprint density at radius 3 is 2.71 bits per heavy atom. The molecule has 1 fully saturated rings. The molecular formula is C13H19ClN2O4S. The third kappa shape index (κ3) is 3.25. The van der Waals surface area contributed by atoms with Crippen molar-refractivity contribution >= 4 is 25.6 Å². The Bertz CT molecular complexity index is 638. The third-order valence-corrected chi connectivity index (χ3v) is 5.37. The molecule has 0 spiro atoms. The number of carbonyl (C=O) groups is 1. The molecule has 0 bridgehead atoms. The van der Waals surface area contributed by atoms with Gasteiger partial charge in [0.1, 0.15) is 10.6 Å². The van der Waals surface area contributed by atoms with Crippen LogP contribution in [-0.2, 0) is 13.8 Å². The van der Waals surface area contributed by atoms with Gasteiger partial charge in [0, 0.05) is 34.9 Å². The van der Waals surface area contributed by atoms with Gasteiger partial charge in [0.25, 0.3) is 15.0 Å². The van der Waals surface area contributed by atoms with Crippen LogP contribution in [0.25, 0.3) is 0 Å². The molecule has 1 aromatic heterocycles. The van der Waals surface area contributed by atoms with Crippen LogP contribution in [0.5, 0.6) is 0 Å². The van der Waals surface area contributed by atoms with Gasteiger partial charge in [-0.3, -0.25) is 4.79 Å². The van der Waals surface area contributed by atoms with E-state index in [1.807, 2.05) is 20.8 Å². The van der Waals surface area contributed by atoms with E-state index in [-0.39, 0.29) is 34.1 Å². The monoisotopic (exact) mass is 334 g/mol. The van der Waals surface area contributed by atoms with E-state index in [1.54, 1.807) is 0 Å². The van der Waals surface area contributed by atoms with E-state index in [0.29, 0.717) is 6.61 Å². The lowest BCUT2D eigenvalue weighted by atomic mass is 9.64. The van der Waals surface area contributed by atoms with Crippen LogP contribution in [0.15, 0.2) is 17.2 Å². The molecule has 1 heterocycles. The molecule has 0 saturated heterocycles. The van der Waals surface area contributed by atoms with Crippen molar-refractivity contribution in [2.45, 2.75) is 44.2 Å². The summed E-state index contributed by atoms with van der Waals surface area (Å²) in [5.41, 5.74) is 0.0181. The molecule has 1 aliphatic carbocycles. The average molecular weight is 335 g/mol. The van der Waals surface area contributed by atoms with E-state index < -0.39 is 9.05 Å². The lowest BCUT2D eigenvalue weighted by molar-refractivity contribution is -0.111. The Hall–Kier alpha value is -1.05. The molecule has 2 unspecified atom stereocenters. The minimum absolute atomic E-state index is 0.0130. The van der Waals surface area contributed by atoms with Crippen molar-refractivity contribution < 1.29 is 17.9 Å². The number of hydrogen-bond donors (Lipinski definition) is 2. The van der Waals surface area contributed by atoms with Gasteiger partial charge in [-0.05, 0) is 19.4 Å². The van der Waals surface area contributed by atoms with Gasteiger partial charge in [0.05, 0.1) is 6.10 Å². The number of nitrogens with one attached hydrogen (secondary N) is 2. The van der Waals surface area contributed by atoms with Gasteiger partial charge in [-0.25, -0.2) is 8.42 Å². The number of hydrogen-bond acceptors (Lipinski definition) is 4. The molecule has 6 nitrogen and oxygen atoms in total. The first kappa shape index (κ1) is 16.3. The van der Waals surface area contributed by atoms with E-state index in [0.717, 1.165) is 6.42 Å². The summed E-state index contributed by atoms with van der Waals surface area (Å²) in [6, 6.07) is 1.21. The molecule has 2 N–H and O–H groups in total. The maximum atomic E-state index is 12.1. The normalized spacial score (nSPS) is 24.4. The van der Waals surface area contributed by atoms with Crippen molar-refractivity contribution in [2.24, 2.45) is 5.41 Å². The summed E-state index contributed by atoms with van der Waals surface area (Å²) in [6.45, 7) is 6.65. The number of H-pyrrole nitrogens is 1. The lowest BCUT2D eigenvalue weighted by Crippen LogP contribution is -2.62. The minimum Gasteiger partial charge on any atom is -0.378 e. The second kappa shape index (κ2) is 5.62. The Labute approximate surface area is 128 Å². The zero-order valence-electron chi connectivity index (χ0n) is 12.1. The number of ether oxygens (including phenoxy) is 1. The summed E-state index contributed by atoms with van der Waals surface area (Å²) in [4.78, 5) is 14.6. The smallest absolute Gasteiger partial charge is 0.267 e. The molecule has 1 aromatic rings. The van der Waals surface area contributed by atoms with E-state index in [2.05, 4.69) is 10.3 Å². The topological polar surface area (TPSA) is 88.3 Å². The highest BCUT2D eigenvalue weighted by Crippen LogP contribution is 2.42. The van der Waals surface area contributed by atoms with Gasteiger partial charge in [0.15, 0.2) is 0 Å². The number of halogens is 1. The molecule has 8 heteroatoms. The first-order chi connectivity index (χ1) is 9.66. The van der Waals surface area contributed by atoms with Crippen LogP contribution in [0.3, 0.4) is 0 Å². The van der Waals surface area contributed by atoms with E-state index in [4.69, 9.17) is 15.4 Å². The van der Waals surface area contributed by atoms with E-state index >= 15 is 0 Å². The van der Waals surface area contributed by atoms with E-state index in [9.17, 15) is 13.2 Å². The highest BCUT2D eigenvalue weighted by atomic mass is 35.7. The molecular weight excluding hydrogens is 316 g/mol. The van der Waals surface area contributed by atoms with Crippen LogP contribution in [0.1, 0.15) is 37.7 Å². The van der Waals surface area contributed by atoms with Crippen LogP contribution >= 0.6 is 10.7 Å². The highest BCUT2D eigenvalue weighted by molar-refractivity contribution is 8.13. The predicted molar refractivity (Wildman–Crippen MR) is 78.9 cm³/mol. The largest absolute Gasteiger partial charge is 0.378 e. The molecule has 118 valence electrons. The summed E-state index contributed by atoms with van der Waals surface area (Å²) >= 11 is 0. The molecule has 0 aromatic carbocycles. The van der Waals surface area contributed by atoms with E-state index in [1.165, 1.54) is 12.3 Å². The van der Waals surface area contributed by atoms with Gasteiger partial charge in [-0.2, -0.15) is 0 Å².